The van der Waals surface area contributed by atoms with Crippen molar-refractivity contribution in [1.82, 2.24) is 15.6 Å². The molecule has 5 N–H and O–H groups in total. The summed E-state index contributed by atoms with van der Waals surface area (Å²) < 4.78 is 0. The molecule has 1 saturated carbocycles. The summed E-state index contributed by atoms with van der Waals surface area (Å²) in [4.78, 5) is 27.2. The van der Waals surface area contributed by atoms with E-state index in [-0.39, 0.29) is 23.9 Å². The molecule has 0 unspecified atom stereocenters. The van der Waals surface area contributed by atoms with E-state index in [1.54, 1.807) is 6.20 Å². The number of carbonyl (C=O) groups excluding carboxylic acids is 2. The zero-order valence-electron chi connectivity index (χ0n) is 13.7. The number of rotatable bonds is 5. The second kappa shape index (κ2) is 7.49. The Morgan fingerprint density at radius 3 is 2.46 bits per heavy atom. The van der Waals surface area contributed by atoms with Gasteiger partial charge in [-0.25, -0.2) is 0 Å². The Morgan fingerprint density at radius 1 is 1.08 bits per heavy atom. The van der Waals surface area contributed by atoms with Gasteiger partial charge < -0.3 is 21.4 Å². The highest BCUT2D eigenvalue weighted by Gasteiger charge is 2.24. The standard InChI is InChI=1S/C18H24N4O2/c19-10-9-17(23)21-12-5-7-13(8-6-12)22-18(24)15-11-20-16-4-2-1-3-14(15)16/h1-4,11-13,20H,5-10,19H2,(H,21,23)(H,22,24). The lowest BCUT2D eigenvalue weighted by atomic mass is 9.91. The topological polar surface area (TPSA) is 100 Å². The van der Waals surface area contributed by atoms with Crippen LogP contribution in [0.3, 0.4) is 0 Å². The number of carbonyl (C=O) groups is 2. The molecule has 6 heteroatoms. The molecule has 2 aromatic rings. The number of aromatic nitrogens is 1. The normalized spacial score (nSPS) is 20.7. The van der Waals surface area contributed by atoms with E-state index < -0.39 is 0 Å². The highest BCUT2D eigenvalue weighted by molar-refractivity contribution is 6.06. The molecule has 1 heterocycles. The van der Waals surface area contributed by atoms with Crippen molar-refractivity contribution >= 4 is 22.7 Å². The van der Waals surface area contributed by atoms with E-state index in [2.05, 4.69) is 15.6 Å². The van der Waals surface area contributed by atoms with Gasteiger partial charge in [-0.3, -0.25) is 9.59 Å². The summed E-state index contributed by atoms with van der Waals surface area (Å²) in [5.74, 6) is -0.0214. The number of hydrogen-bond acceptors (Lipinski definition) is 3. The van der Waals surface area contributed by atoms with Crippen LogP contribution < -0.4 is 16.4 Å². The van der Waals surface area contributed by atoms with Gasteiger partial charge in [0.2, 0.25) is 5.91 Å². The minimum atomic E-state index is -0.0388. The predicted octanol–water partition coefficient (Wildman–Crippen LogP) is 1.67. The lowest BCUT2D eigenvalue weighted by Crippen LogP contribution is -2.44. The third-order valence-corrected chi connectivity index (χ3v) is 4.63. The minimum absolute atomic E-state index is 0.0174. The average molecular weight is 328 g/mol. The molecule has 0 bridgehead atoms. The quantitative estimate of drug-likeness (QED) is 0.672. The minimum Gasteiger partial charge on any atom is -0.360 e. The molecule has 128 valence electrons. The fraction of sp³-hybridized carbons (Fsp3) is 0.444. The van der Waals surface area contributed by atoms with E-state index in [9.17, 15) is 9.59 Å². The molecule has 2 amide bonds. The van der Waals surface area contributed by atoms with Crippen LogP contribution in [0, 0.1) is 0 Å². The van der Waals surface area contributed by atoms with Crippen molar-refractivity contribution in [1.29, 1.82) is 0 Å². The van der Waals surface area contributed by atoms with Crippen LogP contribution in [0.1, 0.15) is 42.5 Å². The van der Waals surface area contributed by atoms with Gasteiger partial charge in [0.05, 0.1) is 5.56 Å². The highest BCUT2D eigenvalue weighted by Crippen LogP contribution is 2.21. The van der Waals surface area contributed by atoms with Gasteiger partial charge in [0.1, 0.15) is 0 Å². The first kappa shape index (κ1) is 16.5. The molecule has 0 spiro atoms. The molecular weight excluding hydrogens is 304 g/mol. The number of nitrogens with two attached hydrogens (primary N) is 1. The molecule has 24 heavy (non-hydrogen) atoms. The van der Waals surface area contributed by atoms with Crippen LogP contribution in [0.25, 0.3) is 10.9 Å². The molecule has 0 aliphatic heterocycles. The maximum absolute atomic E-state index is 12.5. The van der Waals surface area contributed by atoms with Crippen LogP contribution >= 0.6 is 0 Å². The zero-order valence-corrected chi connectivity index (χ0v) is 13.7. The zero-order chi connectivity index (χ0) is 16.9. The SMILES string of the molecule is NCCC(=O)NC1CCC(NC(=O)c2c[nH]c3ccccc23)CC1. The summed E-state index contributed by atoms with van der Waals surface area (Å²) in [6, 6.07) is 8.15. The smallest absolute Gasteiger partial charge is 0.253 e. The first-order valence-corrected chi connectivity index (χ1v) is 8.54. The van der Waals surface area contributed by atoms with Crippen molar-refractivity contribution in [3.8, 4) is 0 Å². The number of hydrogen-bond donors (Lipinski definition) is 4. The van der Waals surface area contributed by atoms with Crippen LogP contribution in [0.2, 0.25) is 0 Å². The number of benzene rings is 1. The van der Waals surface area contributed by atoms with Crippen molar-refractivity contribution in [2.24, 2.45) is 5.73 Å². The van der Waals surface area contributed by atoms with E-state index in [1.807, 2.05) is 24.3 Å². The monoisotopic (exact) mass is 328 g/mol. The maximum atomic E-state index is 12.5. The van der Waals surface area contributed by atoms with Crippen molar-refractivity contribution in [2.75, 3.05) is 6.54 Å². The number of nitrogens with one attached hydrogen (secondary N) is 3. The molecule has 1 fully saturated rings. The third-order valence-electron chi connectivity index (χ3n) is 4.63. The van der Waals surface area contributed by atoms with Gasteiger partial charge in [-0.15, -0.1) is 0 Å². The van der Waals surface area contributed by atoms with Crippen molar-refractivity contribution < 1.29 is 9.59 Å². The summed E-state index contributed by atoms with van der Waals surface area (Å²) in [7, 11) is 0. The Balaban J connectivity index is 1.53. The molecule has 0 saturated heterocycles. The van der Waals surface area contributed by atoms with E-state index in [0.717, 1.165) is 36.6 Å². The molecule has 1 aliphatic rings. The third kappa shape index (κ3) is 3.76. The number of H-pyrrole nitrogens is 1. The lowest BCUT2D eigenvalue weighted by molar-refractivity contribution is -0.121. The van der Waals surface area contributed by atoms with Gasteiger partial charge in [-0.1, -0.05) is 18.2 Å². The first-order valence-electron chi connectivity index (χ1n) is 8.54. The van der Waals surface area contributed by atoms with Crippen LogP contribution in [0.5, 0.6) is 0 Å². The molecular formula is C18H24N4O2. The van der Waals surface area contributed by atoms with Crippen molar-refractivity contribution in [2.45, 2.75) is 44.2 Å². The Bertz CT molecular complexity index is 717. The van der Waals surface area contributed by atoms with Gasteiger partial charge in [0.25, 0.3) is 5.91 Å². The number of aromatic amines is 1. The van der Waals surface area contributed by atoms with Gasteiger partial charge >= 0.3 is 0 Å². The summed E-state index contributed by atoms with van der Waals surface area (Å²) in [6.07, 6.45) is 5.66. The van der Waals surface area contributed by atoms with Crippen LogP contribution in [-0.2, 0) is 4.79 Å². The lowest BCUT2D eigenvalue weighted by Gasteiger charge is -2.29. The van der Waals surface area contributed by atoms with E-state index in [0.29, 0.717) is 18.5 Å². The van der Waals surface area contributed by atoms with E-state index in [4.69, 9.17) is 5.73 Å². The fourth-order valence-corrected chi connectivity index (χ4v) is 3.34. The van der Waals surface area contributed by atoms with Gasteiger partial charge in [-0.05, 0) is 31.7 Å². The molecule has 1 aromatic carbocycles. The molecule has 0 radical (unpaired) electrons. The number of amides is 2. The Labute approximate surface area is 141 Å². The Kier molecular flexibility index (Phi) is 5.15. The van der Waals surface area contributed by atoms with Crippen molar-refractivity contribution in [3.05, 3.63) is 36.0 Å². The Morgan fingerprint density at radius 2 is 1.75 bits per heavy atom. The molecule has 3 rings (SSSR count). The van der Waals surface area contributed by atoms with E-state index in [1.165, 1.54) is 0 Å². The summed E-state index contributed by atoms with van der Waals surface area (Å²) in [5.41, 5.74) is 7.04. The maximum Gasteiger partial charge on any atom is 0.253 e. The summed E-state index contributed by atoms with van der Waals surface area (Å²) in [5, 5.41) is 7.07. The molecule has 6 nitrogen and oxygen atoms in total. The number of para-hydroxylation sites is 1. The van der Waals surface area contributed by atoms with Crippen LogP contribution in [0.4, 0.5) is 0 Å². The van der Waals surface area contributed by atoms with Crippen LogP contribution in [-0.4, -0.2) is 35.4 Å². The van der Waals surface area contributed by atoms with Gasteiger partial charge in [-0.2, -0.15) is 0 Å². The Hall–Kier alpha value is -2.34. The van der Waals surface area contributed by atoms with E-state index >= 15 is 0 Å². The summed E-state index contributed by atoms with van der Waals surface area (Å²) in [6.45, 7) is 0.377. The average Bonchev–Trinajstić information content (AvgIpc) is 3.01. The number of fused-ring (bicyclic) bond motifs is 1. The van der Waals surface area contributed by atoms with Gasteiger partial charge in [0.15, 0.2) is 0 Å². The second-order valence-electron chi connectivity index (χ2n) is 6.38. The summed E-state index contributed by atoms with van der Waals surface area (Å²) >= 11 is 0. The molecule has 1 aromatic heterocycles. The molecule has 0 atom stereocenters. The van der Waals surface area contributed by atoms with Gasteiger partial charge in [0, 0.05) is 42.1 Å². The predicted molar refractivity (Wildman–Crippen MR) is 93.6 cm³/mol. The van der Waals surface area contributed by atoms with Crippen LogP contribution in [0.15, 0.2) is 30.5 Å². The first-order chi connectivity index (χ1) is 11.7. The highest BCUT2D eigenvalue weighted by atomic mass is 16.2. The second-order valence-corrected chi connectivity index (χ2v) is 6.38. The fourth-order valence-electron chi connectivity index (χ4n) is 3.34. The largest absolute Gasteiger partial charge is 0.360 e. The van der Waals surface area contributed by atoms with Crippen molar-refractivity contribution in [3.63, 3.8) is 0 Å². The molecule has 1 aliphatic carbocycles.